The van der Waals surface area contributed by atoms with E-state index in [9.17, 15) is 4.79 Å². The molecule has 2 aromatic rings. The van der Waals surface area contributed by atoms with E-state index in [0.29, 0.717) is 13.2 Å². The van der Waals surface area contributed by atoms with E-state index >= 15 is 0 Å². The van der Waals surface area contributed by atoms with E-state index in [4.69, 9.17) is 9.15 Å². The van der Waals surface area contributed by atoms with Crippen LogP contribution < -0.4 is 10.6 Å². The van der Waals surface area contributed by atoms with Gasteiger partial charge in [0, 0.05) is 5.69 Å². The fraction of sp³-hybridized carbons (Fsp3) is 0.353. The highest BCUT2D eigenvalue weighted by molar-refractivity contribution is 5.95. The van der Waals surface area contributed by atoms with Gasteiger partial charge in [-0.15, -0.1) is 0 Å². The molecular formula is C17H20N2O3. The normalized spacial score (nSPS) is 17.5. The summed E-state index contributed by atoms with van der Waals surface area (Å²) in [6.07, 6.45) is 3.59. The Balaban J connectivity index is 1.51. The summed E-state index contributed by atoms with van der Waals surface area (Å²) >= 11 is 0. The molecule has 22 heavy (non-hydrogen) atoms. The molecule has 1 aromatic heterocycles. The zero-order chi connectivity index (χ0) is 15.2. The molecule has 0 aliphatic carbocycles. The lowest BCUT2D eigenvalue weighted by Gasteiger charge is -2.12. The van der Waals surface area contributed by atoms with Crippen LogP contribution in [-0.2, 0) is 22.7 Å². The van der Waals surface area contributed by atoms with E-state index in [1.807, 2.05) is 36.4 Å². The number of hydrogen-bond acceptors (Lipinski definition) is 4. The van der Waals surface area contributed by atoms with Crippen molar-refractivity contribution in [1.82, 2.24) is 5.32 Å². The van der Waals surface area contributed by atoms with Gasteiger partial charge in [-0.2, -0.15) is 0 Å². The first-order valence-electron chi connectivity index (χ1n) is 7.54. The van der Waals surface area contributed by atoms with Crippen molar-refractivity contribution in [3.63, 3.8) is 0 Å². The van der Waals surface area contributed by atoms with Gasteiger partial charge in [0.2, 0.25) is 5.91 Å². The fourth-order valence-corrected chi connectivity index (χ4v) is 2.54. The van der Waals surface area contributed by atoms with E-state index in [1.54, 1.807) is 6.26 Å². The van der Waals surface area contributed by atoms with Gasteiger partial charge in [0.15, 0.2) is 0 Å². The number of rotatable bonds is 6. The lowest BCUT2D eigenvalue weighted by molar-refractivity contribution is -0.117. The molecule has 5 heteroatoms. The van der Waals surface area contributed by atoms with Gasteiger partial charge in [-0.3, -0.25) is 4.79 Å². The summed E-state index contributed by atoms with van der Waals surface area (Å²) in [4.78, 5) is 12.1. The molecule has 1 aliphatic heterocycles. The number of carbonyl (C=O) groups is 1. The highest BCUT2D eigenvalue weighted by Crippen LogP contribution is 2.14. The van der Waals surface area contributed by atoms with E-state index in [-0.39, 0.29) is 11.9 Å². The smallest absolute Gasteiger partial charge is 0.241 e. The van der Waals surface area contributed by atoms with Gasteiger partial charge in [0.1, 0.15) is 12.4 Å². The number of carbonyl (C=O) groups excluding carboxylic acids is 1. The molecule has 1 saturated heterocycles. The summed E-state index contributed by atoms with van der Waals surface area (Å²) in [6.45, 7) is 1.83. The number of amides is 1. The van der Waals surface area contributed by atoms with Crippen molar-refractivity contribution in [3.05, 3.63) is 54.0 Å². The second kappa shape index (κ2) is 7.24. The third-order valence-electron chi connectivity index (χ3n) is 3.66. The lowest BCUT2D eigenvalue weighted by atomic mass is 10.2. The second-order valence-corrected chi connectivity index (χ2v) is 5.41. The third-order valence-corrected chi connectivity index (χ3v) is 3.66. The molecule has 2 heterocycles. The molecule has 1 unspecified atom stereocenters. The topological polar surface area (TPSA) is 63.5 Å². The highest BCUT2D eigenvalue weighted by atomic mass is 16.5. The predicted octanol–water partition coefficient (Wildman–Crippen LogP) is 2.69. The average molecular weight is 300 g/mol. The van der Waals surface area contributed by atoms with Crippen LogP contribution in [0.2, 0.25) is 0 Å². The quantitative estimate of drug-likeness (QED) is 0.861. The number of nitrogens with one attached hydrogen (secondary N) is 2. The number of benzene rings is 1. The Hall–Kier alpha value is -2.11. The van der Waals surface area contributed by atoms with Crippen LogP contribution in [0.25, 0.3) is 0 Å². The minimum atomic E-state index is -0.0705. The lowest BCUT2D eigenvalue weighted by Crippen LogP contribution is -2.35. The molecule has 1 amide bonds. The Labute approximate surface area is 129 Å². The molecule has 3 rings (SSSR count). The van der Waals surface area contributed by atoms with Crippen molar-refractivity contribution in [1.29, 1.82) is 0 Å². The van der Waals surface area contributed by atoms with Gasteiger partial charge in [-0.25, -0.2) is 0 Å². The van der Waals surface area contributed by atoms with Crippen molar-refractivity contribution in [3.8, 4) is 0 Å². The van der Waals surface area contributed by atoms with Crippen molar-refractivity contribution in [2.24, 2.45) is 0 Å². The molecule has 0 spiro atoms. The Morgan fingerprint density at radius 2 is 2.27 bits per heavy atom. The van der Waals surface area contributed by atoms with Gasteiger partial charge in [0.05, 0.1) is 18.9 Å². The van der Waals surface area contributed by atoms with Crippen LogP contribution in [0.1, 0.15) is 24.2 Å². The van der Waals surface area contributed by atoms with Crippen LogP contribution in [-0.4, -0.2) is 18.5 Å². The minimum Gasteiger partial charge on any atom is -0.467 e. The van der Waals surface area contributed by atoms with Crippen LogP contribution in [0.4, 0.5) is 5.69 Å². The number of ether oxygens (including phenoxy) is 1. The van der Waals surface area contributed by atoms with Gasteiger partial charge in [-0.1, -0.05) is 12.1 Å². The summed E-state index contributed by atoms with van der Waals surface area (Å²) in [7, 11) is 0. The molecule has 1 aromatic carbocycles. The average Bonchev–Trinajstić information content (AvgIpc) is 3.21. The van der Waals surface area contributed by atoms with E-state index in [2.05, 4.69) is 10.6 Å². The maximum absolute atomic E-state index is 12.1. The Morgan fingerprint density at radius 3 is 3.05 bits per heavy atom. The zero-order valence-corrected chi connectivity index (χ0v) is 12.4. The maximum Gasteiger partial charge on any atom is 0.241 e. The van der Waals surface area contributed by atoms with E-state index < -0.39 is 0 Å². The first-order chi connectivity index (χ1) is 10.8. The largest absolute Gasteiger partial charge is 0.467 e. The van der Waals surface area contributed by atoms with Crippen LogP contribution in [0.5, 0.6) is 0 Å². The van der Waals surface area contributed by atoms with Crippen molar-refractivity contribution in [2.45, 2.75) is 32.1 Å². The van der Waals surface area contributed by atoms with Gasteiger partial charge in [-0.05, 0) is 49.2 Å². The van der Waals surface area contributed by atoms with Crippen molar-refractivity contribution in [2.75, 3.05) is 11.9 Å². The number of furan rings is 1. The summed E-state index contributed by atoms with van der Waals surface area (Å²) in [6, 6.07) is 11.4. The highest BCUT2D eigenvalue weighted by Gasteiger charge is 2.21. The Kier molecular flexibility index (Phi) is 4.88. The molecule has 1 aliphatic rings. The number of anilines is 1. The van der Waals surface area contributed by atoms with Crippen molar-refractivity contribution >= 4 is 11.6 Å². The zero-order valence-electron chi connectivity index (χ0n) is 12.4. The first kappa shape index (κ1) is 14.8. The molecule has 1 fully saturated rings. The molecule has 0 bridgehead atoms. The molecule has 0 saturated carbocycles. The molecule has 5 nitrogen and oxygen atoms in total. The predicted molar refractivity (Wildman–Crippen MR) is 83.3 cm³/mol. The molecule has 0 radical (unpaired) electrons. The first-order valence-corrected chi connectivity index (χ1v) is 7.54. The number of hydrogen-bond donors (Lipinski definition) is 2. The third kappa shape index (κ3) is 3.96. The second-order valence-electron chi connectivity index (χ2n) is 5.41. The SMILES string of the molecule is O=C(Nc1cccc(COCc2ccco2)c1)C1CCCN1. The monoisotopic (exact) mass is 300 g/mol. The van der Waals surface area contributed by atoms with Gasteiger partial charge < -0.3 is 19.8 Å². The molecule has 2 N–H and O–H groups in total. The summed E-state index contributed by atoms with van der Waals surface area (Å²) in [5.41, 5.74) is 1.82. The van der Waals surface area contributed by atoms with Crippen LogP contribution in [0.3, 0.4) is 0 Å². The van der Waals surface area contributed by atoms with Crippen LogP contribution >= 0.6 is 0 Å². The van der Waals surface area contributed by atoms with Crippen molar-refractivity contribution < 1.29 is 13.9 Å². The van der Waals surface area contributed by atoms with Crippen LogP contribution in [0, 0.1) is 0 Å². The Bertz CT molecular complexity index is 604. The Morgan fingerprint density at radius 1 is 1.32 bits per heavy atom. The summed E-state index contributed by atoms with van der Waals surface area (Å²) < 4.78 is 10.8. The summed E-state index contributed by atoms with van der Waals surface area (Å²) in [5.74, 6) is 0.836. The summed E-state index contributed by atoms with van der Waals surface area (Å²) in [5, 5.41) is 6.15. The fourth-order valence-electron chi connectivity index (χ4n) is 2.54. The van der Waals surface area contributed by atoms with Crippen LogP contribution in [0.15, 0.2) is 47.1 Å². The van der Waals surface area contributed by atoms with Gasteiger partial charge >= 0.3 is 0 Å². The standard InChI is InChI=1S/C17H20N2O3/c20-17(16-7-2-8-18-16)19-14-5-1-4-13(10-14)11-21-12-15-6-3-9-22-15/h1,3-6,9-10,16,18H,2,7-8,11-12H2,(H,19,20). The minimum absolute atomic E-state index is 0.0335. The van der Waals surface area contributed by atoms with E-state index in [0.717, 1.165) is 36.4 Å². The molecule has 1 atom stereocenters. The maximum atomic E-state index is 12.1. The molecule has 116 valence electrons. The van der Waals surface area contributed by atoms with E-state index in [1.165, 1.54) is 0 Å². The molecular weight excluding hydrogens is 280 g/mol. The van der Waals surface area contributed by atoms with Gasteiger partial charge in [0.25, 0.3) is 0 Å².